The highest BCUT2D eigenvalue weighted by Crippen LogP contribution is 2.21. The second-order valence-electron chi connectivity index (χ2n) is 13.9. The molecule has 0 aromatic rings. The SMILES string of the molecule is CCC(CCCCCCCCCCCCC(=O)OC)CC(=O)OC.CCOC(=O)CCCCCCCCCCCCC(CC)CC(=O)OCC. The third kappa shape index (κ3) is 37.1. The molecule has 0 aliphatic carbocycles. The molecular weight excluding hydrogens is 632 g/mol. The number of carbonyl (C=O) groups is 4. The molecule has 0 fully saturated rings. The number of carbonyl (C=O) groups excluding carboxylic acids is 4. The van der Waals surface area contributed by atoms with E-state index in [4.69, 9.17) is 14.2 Å². The van der Waals surface area contributed by atoms with Crippen molar-refractivity contribution in [3.63, 3.8) is 0 Å². The Morgan fingerprint density at radius 3 is 1.02 bits per heavy atom. The van der Waals surface area contributed by atoms with Crippen LogP contribution in [0.3, 0.4) is 0 Å². The van der Waals surface area contributed by atoms with Crippen LogP contribution in [0.2, 0.25) is 0 Å². The molecule has 50 heavy (non-hydrogen) atoms. The maximum atomic E-state index is 11.5. The van der Waals surface area contributed by atoms with Crippen LogP contribution in [-0.4, -0.2) is 51.3 Å². The average Bonchev–Trinajstić information content (AvgIpc) is 3.11. The minimum atomic E-state index is -0.0908. The summed E-state index contributed by atoms with van der Waals surface area (Å²) in [5, 5.41) is 0. The number of rotatable bonds is 34. The maximum absolute atomic E-state index is 11.5. The van der Waals surface area contributed by atoms with E-state index in [1.807, 2.05) is 13.8 Å². The van der Waals surface area contributed by atoms with Crippen molar-refractivity contribution in [1.29, 1.82) is 0 Å². The van der Waals surface area contributed by atoms with Crippen molar-refractivity contribution >= 4 is 23.9 Å². The quantitative estimate of drug-likeness (QED) is 0.0369. The Balaban J connectivity index is 0. The number of hydrogen-bond acceptors (Lipinski definition) is 8. The van der Waals surface area contributed by atoms with Crippen LogP contribution in [0.4, 0.5) is 0 Å². The molecule has 0 aliphatic rings. The molecule has 0 aromatic carbocycles. The molecule has 0 aliphatic heterocycles. The molecule has 0 N–H and O–H groups in total. The van der Waals surface area contributed by atoms with Crippen LogP contribution in [0.15, 0.2) is 0 Å². The Hall–Kier alpha value is -2.12. The largest absolute Gasteiger partial charge is 0.469 e. The van der Waals surface area contributed by atoms with Gasteiger partial charge in [-0.3, -0.25) is 19.2 Å². The fourth-order valence-corrected chi connectivity index (χ4v) is 6.24. The topological polar surface area (TPSA) is 105 Å². The predicted molar refractivity (Wildman–Crippen MR) is 205 cm³/mol. The van der Waals surface area contributed by atoms with E-state index >= 15 is 0 Å². The van der Waals surface area contributed by atoms with Crippen LogP contribution in [0.25, 0.3) is 0 Å². The van der Waals surface area contributed by atoms with Gasteiger partial charge in [-0.15, -0.1) is 0 Å². The van der Waals surface area contributed by atoms with Crippen LogP contribution in [0.5, 0.6) is 0 Å². The average molecular weight is 713 g/mol. The highest BCUT2D eigenvalue weighted by Gasteiger charge is 2.13. The van der Waals surface area contributed by atoms with Crippen LogP contribution in [0.1, 0.15) is 207 Å². The Labute approximate surface area is 308 Å². The molecule has 0 heterocycles. The lowest BCUT2D eigenvalue weighted by Gasteiger charge is -2.13. The summed E-state index contributed by atoms with van der Waals surface area (Å²) >= 11 is 0. The molecule has 8 nitrogen and oxygen atoms in total. The van der Waals surface area contributed by atoms with Crippen LogP contribution < -0.4 is 0 Å². The lowest BCUT2D eigenvalue weighted by atomic mass is 9.95. The van der Waals surface area contributed by atoms with Gasteiger partial charge >= 0.3 is 23.9 Å². The molecule has 2 unspecified atom stereocenters. The third-order valence-electron chi connectivity index (χ3n) is 9.62. The maximum Gasteiger partial charge on any atom is 0.306 e. The molecule has 8 heteroatoms. The lowest BCUT2D eigenvalue weighted by molar-refractivity contribution is -0.144. The summed E-state index contributed by atoms with van der Waals surface area (Å²) in [5.41, 5.74) is 0. The van der Waals surface area contributed by atoms with E-state index < -0.39 is 0 Å². The molecule has 0 spiro atoms. The highest BCUT2D eigenvalue weighted by atomic mass is 16.5. The summed E-state index contributed by atoms with van der Waals surface area (Å²) in [4.78, 5) is 45.0. The van der Waals surface area contributed by atoms with Crippen molar-refractivity contribution in [2.24, 2.45) is 11.8 Å². The van der Waals surface area contributed by atoms with E-state index in [0.29, 0.717) is 50.7 Å². The lowest BCUT2D eigenvalue weighted by Crippen LogP contribution is -2.11. The first kappa shape index (κ1) is 50.0. The number of ether oxygens (including phenoxy) is 4. The van der Waals surface area contributed by atoms with Gasteiger partial charge in [0.05, 0.1) is 27.4 Å². The van der Waals surface area contributed by atoms with Crippen molar-refractivity contribution < 1.29 is 38.1 Å². The van der Waals surface area contributed by atoms with Gasteiger partial charge in [0.1, 0.15) is 0 Å². The molecule has 2 atom stereocenters. The summed E-state index contributed by atoms with van der Waals surface area (Å²) in [7, 11) is 2.91. The standard InChI is InChI=1S/C22H42O4.C20H38O4/c1-4-20(19-22(24)26-6-3)17-15-13-11-9-7-8-10-12-14-16-18-21(23)25-5-2;1-4-18(17-20(22)24-3)15-13-11-9-7-5-6-8-10-12-14-16-19(21)23-2/h20H,4-19H2,1-3H3;18H,4-17H2,1-3H3. The van der Waals surface area contributed by atoms with Crippen LogP contribution >= 0.6 is 0 Å². The Morgan fingerprint density at radius 2 is 0.680 bits per heavy atom. The molecular formula is C42H80O8. The van der Waals surface area contributed by atoms with Gasteiger partial charge < -0.3 is 18.9 Å². The smallest absolute Gasteiger partial charge is 0.306 e. The van der Waals surface area contributed by atoms with E-state index in [9.17, 15) is 19.2 Å². The number of methoxy groups -OCH3 is 2. The Bertz CT molecular complexity index is 784. The summed E-state index contributed by atoms with van der Waals surface area (Å²) in [5.74, 6) is 0.716. The summed E-state index contributed by atoms with van der Waals surface area (Å²) < 4.78 is 19.3. The van der Waals surface area contributed by atoms with Gasteiger partial charge in [-0.1, -0.05) is 142 Å². The first-order chi connectivity index (χ1) is 24.3. The molecule has 0 radical (unpaired) electrons. The zero-order valence-corrected chi connectivity index (χ0v) is 33.6. The first-order valence-corrected chi connectivity index (χ1v) is 20.7. The van der Waals surface area contributed by atoms with Gasteiger partial charge in [-0.05, 0) is 51.4 Å². The van der Waals surface area contributed by atoms with Crippen LogP contribution in [0, 0.1) is 11.8 Å². The molecule has 0 rings (SSSR count). The third-order valence-corrected chi connectivity index (χ3v) is 9.62. The van der Waals surface area contributed by atoms with Gasteiger partial charge in [0.25, 0.3) is 0 Å². The van der Waals surface area contributed by atoms with Gasteiger partial charge in [-0.25, -0.2) is 0 Å². The number of esters is 4. The number of unbranched alkanes of at least 4 members (excludes halogenated alkanes) is 18. The van der Waals surface area contributed by atoms with E-state index in [1.165, 1.54) is 117 Å². The number of hydrogen-bond donors (Lipinski definition) is 0. The molecule has 296 valence electrons. The molecule has 0 aromatic heterocycles. The van der Waals surface area contributed by atoms with Crippen molar-refractivity contribution in [2.45, 2.75) is 207 Å². The Morgan fingerprint density at radius 1 is 0.380 bits per heavy atom. The second kappa shape index (κ2) is 39.7. The van der Waals surface area contributed by atoms with Gasteiger partial charge in [0, 0.05) is 25.7 Å². The molecule has 0 saturated carbocycles. The minimum Gasteiger partial charge on any atom is -0.469 e. The predicted octanol–water partition coefficient (Wildman–Crippen LogP) is 11.6. The zero-order valence-electron chi connectivity index (χ0n) is 33.6. The van der Waals surface area contributed by atoms with E-state index in [2.05, 4.69) is 18.6 Å². The normalized spacial score (nSPS) is 12.0. The summed E-state index contributed by atoms with van der Waals surface area (Å²) in [6.45, 7) is 9.01. The van der Waals surface area contributed by atoms with Gasteiger partial charge in [0.15, 0.2) is 0 Å². The summed E-state index contributed by atoms with van der Waals surface area (Å²) in [6.07, 6.45) is 31.4. The van der Waals surface area contributed by atoms with Crippen molar-refractivity contribution in [2.75, 3.05) is 27.4 Å². The Kier molecular flexibility index (Phi) is 39.7. The molecule has 0 amide bonds. The first-order valence-electron chi connectivity index (χ1n) is 20.7. The van der Waals surface area contributed by atoms with E-state index in [0.717, 1.165) is 51.4 Å². The minimum absolute atomic E-state index is 0.0402. The molecule has 0 saturated heterocycles. The monoisotopic (exact) mass is 713 g/mol. The van der Waals surface area contributed by atoms with Crippen molar-refractivity contribution in [1.82, 2.24) is 0 Å². The fraction of sp³-hybridized carbons (Fsp3) is 0.905. The van der Waals surface area contributed by atoms with Gasteiger partial charge in [0.2, 0.25) is 0 Å². The zero-order chi connectivity index (χ0) is 37.5. The molecule has 0 bridgehead atoms. The highest BCUT2D eigenvalue weighted by molar-refractivity contribution is 5.70. The summed E-state index contributed by atoms with van der Waals surface area (Å²) in [6, 6.07) is 0. The van der Waals surface area contributed by atoms with Crippen LogP contribution in [-0.2, 0) is 38.1 Å². The van der Waals surface area contributed by atoms with E-state index in [-0.39, 0.29) is 23.9 Å². The van der Waals surface area contributed by atoms with Gasteiger partial charge in [-0.2, -0.15) is 0 Å². The van der Waals surface area contributed by atoms with E-state index in [1.54, 1.807) is 0 Å². The van der Waals surface area contributed by atoms with Crippen molar-refractivity contribution in [3.05, 3.63) is 0 Å². The fourth-order valence-electron chi connectivity index (χ4n) is 6.24. The second-order valence-corrected chi connectivity index (χ2v) is 13.9. The van der Waals surface area contributed by atoms with Crippen molar-refractivity contribution in [3.8, 4) is 0 Å².